The van der Waals surface area contributed by atoms with Crippen molar-refractivity contribution in [2.24, 2.45) is 0 Å². The second kappa shape index (κ2) is 6.19. The minimum atomic E-state index is -0.184. The molecule has 0 amide bonds. The summed E-state index contributed by atoms with van der Waals surface area (Å²) in [5.41, 5.74) is 4.48. The molecular weight excluding hydrogens is 244 g/mol. The lowest BCUT2D eigenvalue weighted by atomic mass is 10.0. The summed E-state index contributed by atoms with van der Waals surface area (Å²) in [6.45, 7) is 12.7. The molecule has 0 bridgehead atoms. The standard InChI is InChI=1S/C15H22O2S/c1-7-12-13(15(16)17-8-2)11(6)18-14(12)10(5)9(3)4/h7-8H2,1-6H3. The van der Waals surface area contributed by atoms with Crippen LogP contribution in [-0.4, -0.2) is 12.6 Å². The van der Waals surface area contributed by atoms with Crippen LogP contribution in [0.3, 0.4) is 0 Å². The summed E-state index contributed by atoms with van der Waals surface area (Å²) in [4.78, 5) is 14.3. The number of thiophene rings is 1. The van der Waals surface area contributed by atoms with E-state index >= 15 is 0 Å². The summed E-state index contributed by atoms with van der Waals surface area (Å²) in [7, 11) is 0. The highest BCUT2D eigenvalue weighted by Gasteiger charge is 2.22. The molecule has 0 aliphatic carbocycles. The van der Waals surface area contributed by atoms with Gasteiger partial charge in [-0.15, -0.1) is 11.3 Å². The van der Waals surface area contributed by atoms with E-state index in [0.29, 0.717) is 6.61 Å². The molecule has 0 N–H and O–H groups in total. The number of carbonyl (C=O) groups is 1. The first-order valence-electron chi connectivity index (χ1n) is 6.37. The summed E-state index contributed by atoms with van der Waals surface area (Å²) in [5.74, 6) is -0.184. The fourth-order valence-corrected chi connectivity index (χ4v) is 3.27. The van der Waals surface area contributed by atoms with Gasteiger partial charge in [-0.3, -0.25) is 0 Å². The lowest BCUT2D eigenvalue weighted by Gasteiger charge is -2.07. The Morgan fingerprint density at radius 2 is 1.83 bits per heavy atom. The zero-order valence-electron chi connectivity index (χ0n) is 12.1. The first-order chi connectivity index (χ1) is 8.43. The van der Waals surface area contributed by atoms with Crippen LogP contribution in [0, 0.1) is 6.92 Å². The maximum atomic E-state index is 12.0. The third kappa shape index (κ3) is 2.83. The molecule has 0 unspecified atom stereocenters. The van der Waals surface area contributed by atoms with Crippen molar-refractivity contribution in [1.82, 2.24) is 0 Å². The Hall–Kier alpha value is -1.09. The van der Waals surface area contributed by atoms with Gasteiger partial charge in [-0.05, 0) is 52.2 Å². The SMILES string of the molecule is CCOC(=O)c1c(C)sc(C(C)=C(C)C)c1CC. The molecule has 0 saturated heterocycles. The van der Waals surface area contributed by atoms with Crippen LogP contribution in [0.1, 0.15) is 60.3 Å². The maximum absolute atomic E-state index is 12.0. The van der Waals surface area contributed by atoms with Crippen LogP contribution in [0.15, 0.2) is 5.57 Å². The van der Waals surface area contributed by atoms with Crippen molar-refractivity contribution in [2.75, 3.05) is 6.61 Å². The molecule has 0 radical (unpaired) electrons. The van der Waals surface area contributed by atoms with Gasteiger partial charge in [0.15, 0.2) is 0 Å². The summed E-state index contributed by atoms with van der Waals surface area (Å²) >= 11 is 1.70. The molecule has 2 nitrogen and oxygen atoms in total. The topological polar surface area (TPSA) is 26.3 Å². The zero-order valence-corrected chi connectivity index (χ0v) is 13.0. The molecule has 0 fully saturated rings. The number of aryl methyl sites for hydroxylation is 1. The van der Waals surface area contributed by atoms with Gasteiger partial charge in [-0.1, -0.05) is 12.5 Å². The monoisotopic (exact) mass is 266 g/mol. The number of allylic oxidation sites excluding steroid dienone is 2. The molecule has 0 spiro atoms. The van der Waals surface area contributed by atoms with Crippen molar-refractivity contribution in [2.45, 2.75) is 48.0 Å². The van der Waals surface area contributed by atoms with Crippen molar-refractivity contribution in [3.63, 3.8) is 0 Å². The van der Waals surface area contributed by atoms with Gasteiger partial charge in [-0.2, -0.15) is 0 Å². The Morgan fingerprint density at radius 1 is 1.22 bits per heavy atom. The predicted octanol–water partition coefficient (Wildman–Crippen LogP) is 4.61. The van der Waals surface area contributed by atoms with E-state index in [0.717, 1.165) is 22.4 Å². The summed E-state index contributed by atoms with van der Waals surface area (Å²) in [5, 5.41) is 0. The molecular formula is C15H22O2S. The van der Waals surface area contributed by atoms with Crippen LogP contribution in [-0.2, 0) is 11.2 Å². The van der Waals surface area contributed by atoms with Crippen molar-refractivity contribution >= 4 is 22.9 Å². The Labute approximate surface area is 114 Å². The fraction of sp³-hybridized carbons (Fsp3) is 0.533. The molecule has 3 heteroatoms. The van der Waals surface area contributed by atoms with Crippen LogP contribution in [0.5, 0.6) is 0 Å². The lowest BCUT2D eigenvalue weighted by Crippen LogP contribution is -2.07. The summed E-state index contributed by atoms with van der Waals surface area (Å²) in [6.07, 6.45) is 0.860. The highest BCUT2D eigenvalue weighted by atomic mass is 32.1. The van der Waals surface area contributed by atoms with E-state index in [1.165, 1.54) is 16.0 Å². The number of ether oxygens (including phenoxy) is 1. The Morgan fingerprint density at radius 3 is 2.28 bits per heavy atom. The van der Waals surface area contributed by atoms with Gasteiger partial charge < -0.3 is 4.74 Å². The zero-order chi connectivity index (χ0) is 13.9. The van der Waals surface area contributed by atoms with Gasteiger partial charge in [-0.25, -0.2) is 4.79 Å². The first kappa shape index (κ1) is 15.0. The second-order valence-corrected chi connectivity index (χ2v) is 5.76. The van der Waals surface area contributed by atoms with E-state index in [9.17, 15) is 4.79 Å². The molecule has 0 atom stereocenters. The van der Waals surface area contributed by atoms with Crippen LogP contribution in [0.2, 0.25) is 0 Å². The summed E-state index contributed by atoms with van der Waals surface area (Å²) < 4.78 is 5.16. The largest absolute Gasteiger partial charge is 0.462 e. The predicted molar refractivity (Wildman–Crippen MR) is 78.3 cm³/mol. The van der Waals surface area contributed by atoms with E-state index in [1.807, 2.05) is 13.8 Å². The van der Waals surface area contributed by atoms with Crippen LogP contribution >= 0.6 is 11.3 Å². The van der Waals surface area contributed by atoms with Crippen molar-refractivity contribution in [3.05, 3.63) is 26.5 Å². The van der Waals surface area contributed by atoms with Gasteiger partial charge in [0.05, 0.1) is 12.2 Å². The van der Waals surface area contributed by atoms with E-state index in [-0.39, 0.29) is 5.97 Å². The molecule has 0 aliphatic heterocycles. The fourth-order valence-electron chi connectivity index (χ4n) is 1.93. The summed E-state index contributed by atoms with van der Waals surface area (Å²) in [6, 6.07) is 0. The number of hydrogen-bond acceptors (Lipinski definition) is 3. The average molecular weight is 266 g/mol. The molecule has 100 valence electrons. The quantitative estimate of drug-likeness (QED) is 0.744. The van der Waals surface area contributed by atoms with E-state index in [2.05, 4.69) is 27.7 Å². The van der Waals surface area contributed by atoms with Gasteiger partial charge in [0, 0.05) is 9.75 Å². The normalized spacial score (nSPS) is 10.3. The number of rotatable bonds is 4. The number of carbonyl (C=O) groups excluding carboxylic acids is 1. The van der Waals surface area contributed by atoms with Gasteiger partial charge in [0.1, 0.15) is 0 Å². The Kier molecular flexibility index (Phi) is 5.15. The minimum absolute atomic E-state index is 0.184. The average Bonchev–Trinajstić information content (AvgIpc) is 2.65. The maximum Gasteiger partial charge on any atom is 0.339 e. The third-order valence-corrected chi connectivity index (χ3v) is 4.37. The Bertz CT molecular complexity index is 477. The smallest absolute Gasteiger partial charge is 0.339 e. The van der Waals surface area contributed by atoms with Gasteiger partial charge >= 0.3 is 5.97 Å². The van der Waals surface area contributed by atoms with E-state index in [1.54, 1.807) is 11.3 Å². The molecule has 1 aromatic heterocycles. The molecule has 0 saturated carbocycles. The van der Waals surface area contributed by atoms with Crippen LogP contribution in [0.4, 0.5) is 0 Å². The molecule has 0 aliphatic rings. The van der Waals surface area contributed by atoms with Crippen LogP contribution in [0.25, 0.3) is 5.57 Å². The lowest BCUT2D eigenvalue weighted by molar-refractivity contribution is 0.0525. The van der Waals surface area contributed by atoms with Crippen molar-refractivity contribution in [3.8, 4) is 0 Å². The molecule has 1 heterocycles. The highest BCUT2D eigenvalue weighted by Crippen LogP contribution is 2.35. The first-order valence-corrected chi connectivity index (χ1v) is 7.19. The second-order valence-electron chi connectivity index (χ2n) is 4.54. The third-order valence-electron chi connectivity index (χ3n) is 3.11. The highest BCUT2D eigenvalue weighted by molar-refractivity contribution is 7.13. The van der Waals surface area contributed by atoms with Gasteiger partial charge in [0.25, 0.3) is 0 Å². The Balaban J connectivity index is 3.38. The number of esters is 1. The van der Waals surface area contributed by atoms with E-state index < -0.39 is 0 Å². The van der Waals surface area contributed by atoms with Crippen molar-refractivity contribution in [1.29, 1.82) is 0 Å². The molecule has 1 aromatic rings. The molecule has 18 heavy (non-hydrogen) atoms. The van der Waals surface area contributed by atoms with Crippen LogP contribution < -0.4 is 0 Å². The van der Waals surface area contributed by atoms with E-state index in [4.69, 9.17) is 4.74 Å². The minimum Gasteiger partial charge on any atom is -0.462 e. The van der Waals surface area contributed by atoms with Crippen molar-refractivity contribution < 1.29 is 9.53 Å². The molecule has 0 aromatic carbocycles. The number of hydrogen-bond donors (Lipinski definition) is 0. The van der Waals surface area contributed by atoms with Gasteiger partial charge in [0.2, 0.25) is 0 Å². The molecule has 1 rings (SSSR count).